The van der Waals surface area contributed by atoms with E-state index in [1.807, 2.05) is 30.3 Å². The molecule has 0 unspecified atom stereocenters. The van der Waals surface area contributed by atoms with Gasteiger partial charge in [0.15, 0.2) is 11.5 Å². The van der Waals surface area contributed by atoms with Gasteiger partial charge in [0, 0.05) is 11.1 Å². The van der Waals surface area contributed by atoms with Crippen molar-refractivity contribution in [2.45, 2.75) is 38.3 Å². The normalized spacial score (nSPS) is 23.4. The second-order valence-electron chi connectivity index (χ2n) is 8.01. The van der Waals surface area contributed by atoms with Gasteiger partial charge in [-0.3, -0.25) is 14.7 Å². The van der Waals surface area contributed by atoms with Crippen molar-refractivity contribution in [3.63, 3.8) is 0 Å². The maximum atomic E-state index is 13.7. The first-order valence-corrected chi connectivity index (χ1v) is 10.7. The standard InChI is InChI=1S/C24H26N2O3S/c1-16-11-13-24(14-12-16)25-21(17-7-5-4-6-8-17)23(30)26(24)22(27)18-9-10-19(28-2)20(15-18)29-3/h4-10,15-16H,11-14H2,1-3H3. The van der Waals surface area contributed by atoms with Crippen LogP contribution < -0.4 is 9.47 Å². The number of carbonyl (C=O) groups is 1. The van der Waals surface area contributed by atoms with E-state index in [1.54, 1.807) is 37.3 Å². The molecule has 4 rings (SSSR count). The van der Waals surface area contributed by atoms with Gasteiger partial charge in [-0.1, -0.05) is 49.5 Å². The van der Waals surface area contributed by atoms with Gasteiger partial charge in [-0.05, 0) is 49.8 Å². The predicted octanol–water partition coefficient (Wildman–Crippen LogP) is 4.88. The van der Waals surface area contributed by atoms with Crippen LogP contribution in [0, 0.1) is 5.92 Å². The zero-order valence-electron chi connectivity index (χ0n) is 17.6. The van der Waals surface area contributed by atoms with Gasteiger partial charge in [-0.15, -0.1) is 0 Å². The smallest absolute Gasteiger partial charge is 0.261 e. The van der Waals surface area contributed by atoms with E-state index in [9.17, 15) is 4.79 Å². The number of aliphatic imine (C=N–C) groups is 1. The van der Waals surface area contributed by atoms with Crippen LogP contribution in [0.25, 0.3) is 0 Å². The molecule has 2 aromatic carbocycles. The van der Waals surface area contributed by atoms with E-state index in [2.05, 4.69) is 6.92 Å². The van der Waals surface area contributed by atoms with Gasteiger partial charge in [0.25, 0.3) is 5.91 Å². The molecule has 2 aliphatic rings. The molecular weight excluding hydrogens is 396 g/mol. The Morgan fingerprint density at radius 1 is 1.07 bits per heavy atom. The van der Waals surface area contributed by atoms with Crippen molar-refractivity contribution in [2.75, 3.05) is 14.2 Å². The SMILES string of the molecule is COc1ccc(C(=O)N2C(=S)C(c3ccccc3)=NC23CCC(C)CC3)cc1OC. The number of rotatable bonds is 4. The molecule has 1 aliphatic carbocycles. The molecule has 1 aliphatic heterocycles. The first kappa shape index (κ1) is 20.5. The minimum atomic E-state index is -0.612. The number of nitrogens with zero attached hydrogens (tertiary/aromatic N) is 2. The summed E-state index contributed by atoms with van der Waals surface area (Å²) >= 11 is 5.83. The molecule has 0 aromatic heterocycles. The lowest BCUT2D eigenvalue weighted by molar-refractivity contribution is 0.0613. The monoisotopic (exact) mass is 422 g/mol. The van der Waals surface area contributed by atoms with Gasteiger partial charge in [0.05, 0.1) is 14.2 Å². The van der Waals surface area contributed by atoms with Crippen molar-refractivity contribution in [2.24, 2.45) is 10.9 Å². The highest BCUT2D eigenvalue weighted by atomic mass is 32.1. The molecule has 0 radical (unpaired) electrons. The van der Waals surface area contributed by atoms with E-state index in [-0.39, 0.29) is 5.91 Å². The molecule has 156 valence electrons. The number of ether oxygens (including phenoxy) is 2. The van der Waals surface area contributed by atoms with E-state index in [0.717, 1.165) is 37.0 Å². The van der Waals surface area contributed by atoms with Gasteiger partial charge in [0.1, 0.15) is 16.4 Å². The second-order valence-corrected chi connectivity index (χ2v) is 8.39. The zero-order chi connectivity index (χ0) is 21.3. The highest BCUT2D eigenvalue weighted by Crippen LogP contribution is 2.43. The van der Waals surface area contributed by atoms with Crippen molar-refractivity contribution < 1.29 is 14.3 Å². The van der Waals surface area contributed by atoms with Crippen LogP contribution in [0.3, 0.4) is 0 Å². The van der Waals surface area contributed by atoms with Crippen LogP contribution in [0.15, 0.2) is 53.5 Å². The van der Waals surface area contributed by atoms with Crippen LogP contribution >= 0.6 is 12.2 Å². The van der Waals surface area contributed by atoms with Crippen molar-refractivity contribution in [1.82, 2.24) is 4.90 Å². The van der Waals surface area contributed by atoms with Crippen molar-refractivity contribution in [1.29, 1.82) is 0 Å². The summed E-state index contributed by atoms with van der Waals surface area (Å²) < 4.78 is 10.7. The number of amides is 1. The Balaban J connectivity index is 1.75. The van der Waals surface area contributed by atoms with Gasteiger partial charge < -0.3 is 9.47 Å². The molecule has 1 saturated carbocycles. The van der Waals surface area contributed by atoms with E-state index in [0.29, 0.717) is 28.0 Å². The molecule has 0 bridgehead atoms. The fraction of sp³-hybridized carbons (Fsp3) is 0.375. The van der Waals surface area contributed by atoms with Crippen LogP contribution in [0.4, 0.5) is 0 Å². The largest absolute Gasteiger partial charge is 0.493 e. The van der Waals surface area contributed by atoms with Gasteiger partial charge >= 0.3 is 0 Å². The maximum Gasteiger partial charge on any atom is 0.261 e. The summed E-state index contributed by atoms with van der Waals surface area (Å²) in [5.41, 5.74) is 1.58. The predicted molar refractivity (Wildman–Crippen MR) is 122 cm³/mol. The van der Waals surface area contributed by atoms with Crippen molar-refractivity contribution >= 4 is 28.8 Å². The third-order valence-electron chi connectivity index (χ3n) is 6.10. The average Bonchev–Trinajstić information content (AvgIpc) is 3.07. The molecule has 0 saturated heterocycles. The second kappa shape index (κ2) is 8.19. The van der Waals surface area contributed by atoms with Crippen molar-refractivity contribution in [3.05, 3.63) is 59.7 Å². The topological polar surface area (TPSA) is 51.1 Å². The lowest BCUT2D eigenvalue weighted by Gasteiger charge is -2.40. The lowest BCUT2D eigenvalue weighted by Crippen LogP contribution is -2.51. The summed E-state index contributed by atoms with van der Waals surface area (Å²) in [5.74, 6) is 1.58. The number of benzene rings is 2. The van der Waals surface area contributed by atoms with Crippen LogP contribution in [-0.4, -0.2) is 41.4 Å². The number of hydrogen-bond donors (Lipinski definition) is 0. The maximum absolute atomic E-state index is 13.7. The third kappa shape index (κ3) is 3.49. The summed E-state index contributed by atoms with van der Waals surface area (Å²) in [6, 6.07) is 15.1. The minimum Gasteiger partial charge on any atom is -0.493 e. The fourth-order valence-corrected chi connectivity index (χ4v) is 4.74. The highest BCUT2D eigenvalue weighted by Gasteiger charge is 2.49. The summed E-state index contributed by atoms with van der Waals surface area (Å²) in [6.45, 7) is 2.25. The van der Waals surface area contributed by atoms with Crippen LogP contribution in [0.5, 0.6) is 11.5 Å². The molecule has 2 aromatic rings. The van der Waals surface area contributed by atoms with E-state index >= 15 is 0 Å². The molecule has 0 N–H and O–H groups in total. The Hall–Kier alpha value is -2.73. The number of hydrogen-bond acceptors (Lipinski definition) is 5. The highest BCUT2D eigenvalue weighted by molar-refractivity contribution is 7.82. The van der Waals surface area contributed by atoms with E-state index in [4.69, 9.17) is 26.7 Å². The van der Waals surface area contributed by atoms with E-state index in [1.165, 1.54) is 0 Å². The molecule has 1 amide bonds. The molecule has 5 nitrogen and oxygen atoms in total. The quantitative estimate of drug-likeness (QED) is 0.659. The van der Waals surface area contributed by atoms with Crippen molar-refractivity contribution in [3.8, 4) is 11.5 Å². The van der Waals surface area contributed by atoms with Gasteiger partial charge in [-0.2, -0.15) is 0 Å². The zero-order valence-corrected chi connectivity index (χ0v) is 18.4. The molecular formula is C24H26N2O3S. The minimum absolute atomic E-state index is 0.148. The molecule has 1 fully saturated rings. The summed E-state index contributed by atoms with van der Waals surface area (Å²) in [6.07, 6.45) is 3.65. The summed E-state index contributed by atoms with van der Waals surface area (Å²) in [5, 5.41) is 0. The molecule has 1 heterocycles. The van der Waals surface area contributed by atoms with Gasteiger partial charge in [0.2, 0.25) is 0 Å². The first-order chi connectivity index (χ1) is 14.5. The summed E-state index contributed by atoms with van der Waals surface area (Å²) in [4.78, 5) is 21.1. The van der Waals surface area contributed by atoms with Gasteiger partial charge in [-0.25, -0.2) is 0 Å². The van der Waals surface area contributed by atoms with E-state index < -0.39 is 5.66 Å². The average molecular weight is 423 g/mol. The molecule has 6 heteroatoms. The Bertz CT molecular complexity index is 995. The van der Waals surface area contributed by atoms with Crippen LogP contribution in [0.2, 0.25) is 0 Å². The molecule has 1 spiro atoms. The Morgan fingerprint density at radius 3 is 2.37 bits per heavy atom. The Morgan fingerprint density at radius 2 is 1.73 bits per heavy atom. The van der Waals surface area contributed by atoms with Crippen LogP contribution in [0.1, 0.15) is 48.5 Å². The molecule has 30 heavy (non-hydrogen) atoms. The third-order valence-corrected chi connectivity index (χ3v) is 6.47. The lowest BCUT2D eigenvalue weighted by atomic mass is 9.82. The number of thiocarbonyl (C=S) groups is 1. The molecule has 0 atom stereocenters. The Labute approximate surface area is 182 Å². The fourth-order valence-electron chi connectivity index (χ4n) is 4.32. The number of methoxy groups -OCH3 is 2. The first-order valence-electron chi connectivity index (χ1n) is 10.3. The van der Waals surface area contributed by atoms with Crippen LogP contribution in [-0.2, 0) is 0 Å². The Kier molecular flexibility index (Phi) is 5.60. The number of carbonyl (C=O) groups excluding carboxylic acids is 1. The summed E-state index contributed by atoms with van der Waals surface area (Å²) in [7, 11) is 3.14.